The molecule has 0 fully saturated rings. The number of unbranched alkanes of at least 4 members (excludes halogenated alkanes) is 2. The zero-order valence-corrected chi connectivity index (χ0v) is 11.1. The van der Waals surface area contributed by atoms with Gasteiger partial charge in [0.25, 0.3) is 0 Å². The summed E-state index contributed by atoms with van der Waals surface area (Å²) in [6.07, 6.45) is 3.30. The lowest BCUT2D eigenvalue weighted by molar-refractivity contribution is 0.306. The van der Waals surface area contributed by atoms with Gasteiger partial charge in [0.05, 0.1) is 18.0 Å². The molecule has 0 amide bonds. The van der Waals surface area contributed by atoms with Crippen LogP contribution in [0.4, 0.5) is 11.4 Å². The number of nitrogens with two attached hydrogens (primary N) is 1. The first-order chi connectivity index (χ1) is 8.81. The molecular formula is C14H23N3O. The highest BCUT2D eigenvalue weighted by molar-refractivity contribution is 5.73. The highest BCUT2D eigenvalue weighted by Gasteiger charge is 2.13. The van der Waals surface area contributed by atoms with Crippen molar-refractivity contribution in [3.05, 3.63) is 18.2 Å². The minimum absolute atomic E-state index is 0.772. The summed E-state index contributed by atoms with van der Waals surface area (Å²) in [6.45, 7) is 3.58. The molecule has 0 atom stereocenters. The number of fused-ring (bicyclic) bond motifs is 1. The molecule has 0 radical (unpaired) electrons. The van der Waals surface area contributed by atoms with Crippen molar-refractivity contribution in [2.75, 3.05) is 43.5 Å². The average Bonchev–Trinajstić information content (AvgIpc) is 2.39. The SMILES string of the molecule is CN1CCNc2cc(OCCCCCN)ccc21. The number of likely N-dealkylation sites (N-methyl/N-ethyl adjacent to an activating group) is 1. The van der Waals surface area contributed by atoms with Crippen molar-refractivity contribution in [3.8, 4) is 5.75 Å². The Balaban J connectivity index is 1.87. The zero-order chi connectivity index (χ0) is 12.8. The first kappa shape index (κ1) is 13.0. The number of hydrogen-bond donors (Lipinski definition) is 2. The van der Waals surface area contributed by atoms with Gasteiger partial charge < -0.3 is 20.7 Å². The third-order valence-corrected chi connectivity index (χ3v) is 3.26. The predicted octanol–water partition coefficient (Wildman–Crippen LogP) is 2.06. The van der Waals surface area contributed by atoms with Crippen molar-refractivity contribution in [1.82, 2.24) is 0 Å². The summed E-state index contributed by atoms with van der Waals surface area (Å²) in [5.41, 5.74) is 7.87. The Morgan fingerprint density at radius 1 is 1.33 bits per heavy atom. The second-order valence-electron chi connectivity index (χ2n) is 4.73. The number of ether oxygens (including phenoxy) is 1. The Labute approximate surface area is 109 Å². The summed E-state index contributed by atoms with van der Waals surface area (Å²) in [7, 11) is 2.12. The summed E-state index contributed by atoms with van der Waals surface area (Å²) in [5, 5.41) is 3.41. The third-order valence-electron chi connectivity index (χ3n) is 3.26. The number of nitrogens with one attached hydrogen (secondary N) is 1. The topological polar surface area (TPSA) is 50.5 Å². The van der Waals surface area contributed by atoms with Crippen LogP contribution < -0.4 is 20.7 Å². The van der Waals surface area contributed by atoms with Crippen molar-refractivity contribution in [2.45, 2.75) is 19.3 Å². The Morgan fingerprint density at radius 2 is 2.22 bits per heavy atom. The maximum Gasteiger partial charge on any atom is 0.121 e. The number of rotatable bonds is 6. The molecule has 3 N–H and O–H groups in total. The van der Waals surface area contributed by atoms with Gasteiger partial charge in [0.1, 0.15) is 5.75 Å². The van der Waals surface area contributed by atoms with Gasteiger partial charge in [-0.1, -0.05) is 0 Å². The third kappa shape index (κ3) is 3.29. The smallest absolute Gasteiger partial charge is 0.121 e. The highest BCUT2D eigenvalue weighted by Crippen LogP contribution is 2.31. The Bertz CT molecular complexity index is 381. The molecule has 0 aromatic heterocycles. The summed E-state index contributed by atoms with van der Waals surface area (Å²) in [4.78, 5) is 2.26. The van der Waals surface area contributed by atoms with E-state index in [9.17, 15) is 0 Å². The molecule has 1 aromatic rings. The maximum atomic E-state index is 5.75. The van der Waals surface area contributed by atoms with E-state index in [0.29, 0.717) is 0 Å². The van der Waals surface area contributed by atoms with Crippen LogP contribution in [0.2, 0.25) is 0 Å². The van der Waals surface area contributed by atoms with Crippen LogP contribution in [0.1, 0.15) is 19.3 Å². The van der Waals surface area contributed by atoms with Gasteiger partial charge in [-0.2, -0.15) is 0 Å². The summed E-state index contributed by atoms with van der Waals surface area (Å²) >= 11 is 0. The Hall–Kier alpha value is -1.42. The molecule has 2 rings (SSSR count). The van der Waals surface area contributed by atoms with Crippen LogP contribution in [0.3, 0.4) is 0 Å². The number of anilines is 2. The number of hydrogen-bond acceptors (Lipinski definition) is 4. The van der Waals surface area contributed by atoms with Crippen molar-refractivity contribution in [2.24, 2.45) is 5.73 Å². The Kier molecular flexibility index (Phi) is 4.70. The van der Waals surface area contributed by atoms with Crippen molar-refractivity contribution >= 4 is 11.4 Å². The lowest BCUT2D eigenvalue weighted by Gasteiger charge is -2.28. The van der Waals surface area contributed by atoms with Crippen LogP contribution in [0.25, 0.3) is 0 Å². The Morgan fingerprint density at radius 3 is 3.06 bits per heavy atom. The van der Waals surface area contributed by atoms with E-state index >= 15 is 0 Å². The zero-order valence-electron chi connectivity index (χ0n) is 11.1. The van der Waals surface area contributed by atoms with Gasteiger partial charge in [0, 0.05) is 26.2 Å². The van der Waals surface area contributed by atoms with E-state index < -0.39 is 0 Å². The fourth-order valence-corrected chi connectivity index (χ4v) is 2.17. The highest BCUT2D eigenvalue weighted by atomic mass is 16.5. The minimum Gasteiger partial charge on any atom is -0.494 e. The molecule has 0 spiro atoms. The summed E-state index contributed by atoms with van der Waals surface area (Å²) < 4.78 is 5.75. The lowest BCUT2D eigenvalue weighted by atomic mass is 10.2. The molecule has 0 saturated heterocycles. The van der Waals surface area contributed by atoms with Crippen molar-refractivity contribution in [3.63, 3.8) is 0 Å². The maximum absolute atomic E-state index is 5.75. The second-order valence-corrected chi connectivity index (χ2v) is 4.73. The van der Waals surface area contributed by atoms with E-state index in [0.717, 1.165) is 51.3 Å². The molecule has 4 heteroatoms. The van der Waals surface area contributed by atoms with E-state index in [1.165, 1.54) is 11.4 Å². The first-order valence-electron chi connectivity index (χ1n) is 6.73. The van der Waals surface area contributed by atoms with Gasteiger partial charge in [-0.05, 0) is 37.9 Å². The normalized spacial score (nSPS) is 14.0. The number of nitrogens with zero attached hydrogens (tertiary/aromatic N) is 1. The van der Waals surface area contributed by atoms with Gasteiger partial charge in [-0.15, -0.1) is 0 Å². The molecule has 4 nitrogen and oxygen atoms in total. The molecule has 0 unspecified atom stereocenters. The van der Waals surface area contributed by atoms with Crippen LogP contribution in [-0.2, 0) is 0 Å². The fourth-order valence-electron chi connectivity index (χ4n) is 2.17. The molecule has 1 aliphatic heterocycles. The number of benzene rings is 1. The molecule has 0 bridgehead atoms. The van der Waals surface area contributed by atoms with Gasteiger partial charge in [-0.3, -0.25) is 0 Å². The van der Waals surface area contributed by atoms with Gasteiger partial charge in [0.2, 0.25) is 0 Å². The molecule has 1 aromatic carbocycles. The lowest BCUT2D eigenvalue weighted by Crippen LogP contribution is -2.30. The minimum atomic E-state index is 0.772. The van der Waals surface area contributed by atoms with E-state index in [4.69, 9.17) is 10.5 Å². The summed E-state index contributed by atoms with van der Waals surface area (Å²) in [5.74, 6) is 0.948. The quantitative estimate of drug-likeness (QED) is 0.758. The largest absolute Gasteiger partial charge is 0.494 e. The van der Waals surface area contributed by atoms with Gasteiger partial charge >= 0.3 is 0 Å². The van der Waals surface area contributed by atoms with Crippen LogP contribution in [0.15, 0.2) is 18.2 Å². The van der Waals surface area contributed by atoms with Crippen LogP contribution in [-0.4, -0.2) is 33.3 Å². The van der Waals surface area contributed by atoms with E-state index in [1.807, 2.05) is 6.07 Å². The predicted molar refractivity (Wildman–Crippen MR) is 76.6 cm³/mol. The molecule has 1 heterocycles. The fraction of sp³-hybridized carbons (Fsp3) is 0.571. The first-order valence-corrected chi connectivity index (χ1v) is 6.73. The second kappa shape index (κ2) is 6.50. The van der Waals surface area contributed by atoms with Crippen molar-refractivity contribution in [1.29, 1.82) is 0 Å². The van der Waals surface area contributed by atoms with Crippen LogP contribution >= 0.6 is 0 Å². The van der Waals surface area contributed by atoms with Crippen LogP contribution in [0, 0.1) is 0 Å². The molecule has 1 aliphatic rings. The molecule has 18 heavy (non-hydrogen) atoms. The monoisotopic (exact) mass is 249 g/mol. The molecule has 0 aliphatic carbocycles. The van der Waals surface area contributed by atoms with Gasteiger partial charge in [-0.25, -0.2) is 0 Å². The van der Waals surface area contributed by atoms with Crippen LogP contribution in [0.5, 0.6) is 5.75 Å². The molecule has 100 valence electrons. The van der Waals surface area contributed by atoms with E-state index in [-0.39, 0.29) is 0 Å². The standard InChI is InChI=1S/C14H23N3O/c1-17-9-8-16-13-11-12(5-6-14(13)17)18-10-4-2-3-7-15/h5-6,11,16H,2-4,7-10,15H2,1H3. The average molecular weight is 249 g/mol. The molecule has 0 saturated carbocycles. The van der Waals surface area contributed by atoms with E-state index in [1.54, 1.807) is 0 Å². The van der Waals surface area contributed by atoms with Crippen molar-refractivity contribution < 1.29 is 4.74 Å². The van der Waals surface area contributed by atoms with E-state index in [2.05, 4.69) is 29.4 Å². The van der Waals surface area contributed by atoms with Gasteiger partial charge in [0.15, 0.2) is 0 Å². The molecular weight excluding hydrogens is 226 g/mol. The summed E-state index contributed by atoms with van der Waals surface area (Å²) in [6, 6.07) is 6.26.